The van der Waals surface area contributed by atoms with Crippen molar-refractivity contribution in [3.05, 3.63) is 77.2 Å². The van der Waals surface area contributed by atoms with E-state index in [1.165, 1.54) is 17.0 Å². The van der Waals surface area contributed by atoms with Crippen LogP contribution >= 0.6 is 0 Å². The van der Waals surface area contributed by atoms with Crippen LogP contribution in [0.5, 0.6) is 0 Å². The number of amides is 1. The Morgan fingerprint density at radius 1 is 1.03 bits per heavy atom. The lowest BCUT2D eigenvalue weighted by Crippen LogP contribution is -2.41. The van der Waals surface area contributed by atoms with Gasteiger partial charge in [0.15, 0.2) is 0 Å². The van der Waals surface area contributed by atoms with E-state index >= 15 is 8.78 Å². The molecule has 1 saturated heterocycles. The molecule has 0 radical (unpaired) electrons. The van der Waals surface area contributed by atoms with Crippen molar-refractivity contribution in [2.75, 3.05) is 0 Å². The van der Waals surface area contributed by atoms with Crippen molar-refractivity contribution in [3.8, 4) is 11.1 Å². The first kappa shape index (κ1) is 24.7. The summed E-state index contributed by atoms with van der Waals surface area (Å²) in [5.74, 6) is -1.76. The lowest BCUT2D eigenvalue weighted by molar-refractivity contribution is 0.00578. The van der Waals surface area contributed by atoms with Crippen LogP contribution in [0.4, 0.5) is 8.78 Å². The molecule has 4 heterocycles. The number of aromatic nitrogens is 3. The molecule has 10 heteroatoms. The van der Waals surface area contributed by atoms with E-state index in [0.29, 0.717) is 27.8 Å². The smallest absolute Gasteiger partial charge is 0.399 e. The molecule has 0 bridgehead atoms. The molecule has 4 aromatic rings. The van der Waals surface area contributed by atoms with Crippen LogP contribution in [0.1, 0.15) is 49.3 Å². The average molecular weight is 516 g/mol. The van der Waals surface area contributed by atoms with Crippen LogP contribution in [0, 0.1) is 11.6 Å². The Labute approximate surface area is 219 Å². The van der Waals surface area contributed by atoms with Gasteiger partial charge in [0.2, 0.25) is 0 Å². The van der Waals surface area contributed by atoms with E-state index in [9.17, 15) is 4.79 Å². The molecular formula is C28H27BF2N4O3. The molecule has 6 rings (SSSR count). The number of nitrogens with zero attached hydrogens (tertiary/aromatic N) is 4. The van der Waals surface area contributed by atoms with Crippen molar-refractivity contribution in [3.63, 3.8) is 0 Å². The van der Waals surface area contributed by atoms with Crippen molar-refractivity contribution in [1.82, 2.24) is 19.7 Å². The van der Waals surface area contributed by atoms with Gasteiger partial charge in [0.1, 0.15) is 11.6 Å². The number of halogens is 2. The van der Waals surface area contributed by atoms with Crippen LogP contribution in [0.15, 0.2) is 48.8 Å². The van der Waals surface area contributed by atoms with Gasteiger partial charge in [-0.1, -0.05) is 12.1 Å². The Kier molecular flexibility index (Phi) is 5.49. The Hall–Kier alpha value is -3.63. The number of rotatable bonds is 4. The first-order chi connectivity index (χ1) is 17.9. The summed E-state index contributed by atoms with van der Waals surface area (Å²) in [5, 5.41) is 5.17. The second-order valence-corrected chi connectivity index (χ2v) is 11.0. The molecule has 0 unspecified atom stereocenters. The van der Waals surface area contributed by atoms with Gasteiger partial charge in [0.25, 0.3) is 5.91 Å². The number of hydrogen-bond acceptors (Lipinski definition) is 5. The molecule has 0 spiro atoms. The number of carbonyl (C=O) groups is 1. The molecule has 194 valence electrons. The van der Waals surface area contributed by atoms with E-state index in [4.69, 9.17) is 9.31 Å². The van der Waals surface area contributed by atoms with E-state index < -0.39 is 30.0 Å². The SMILES string of the molecule is Cn1cc2c(-c3cc(F)c(CN4Cc5ncc(B6OC(C)(C)C(C)(C)O6)cc5C4=O)c(F)c3)cccc2n1. The number of fused-ring (bicyclic) bond motifs is 2. The van der Waals surface area contributed by atoms with E-state index in [1.54, 1.807) is 30.1 Å². The number of benzene rings is 2. The van der Waals surface area contributed by atoms with Gasteiger partial charge in [0.05, 0.1) is 41.1 Å². The molecule has 1 amide bonds. The topological polar surface area (TPSA) is 69.5 Å². The van der Waals surface area contributed by atoms with Crippen LogP contribution in [0.3, 0.4) is 0 Å². The highest BCUT2D eigenvalue weighted by Crippen LogP contribution is 2.37. The molecule has 2 aromatic carbocycles. The van der Waals surface area contributed by atoms with E-state index in [1.807, 2.05) is 46.0 Å². The zero-order valence-corrected chi connectivity index (χ0v) is 21.9. The average Bonchev–Trinajstić information content (AvgIpc) is 3.45. The molecule has 0 aliphatic carbocycles. The van der Waals surface area contributed by atoms with Gasteiger partial charge in [-0.3, -0.25) is 14.5 Å². The third kappa shape index (κ3) is 3.90. The third-order valence-electron chi connectivity index (χ3n) is 7.84. The molecule has 2 aromatic heterocycles. The van der Waals surface area contributed by atoms with Crippen molar-refractivity contribution < 1.29 is 22.9 Å². The van der Waals surface area contributed by atoms with Gasteiger partial charge < -0.3 is 14.2 Å². The largest absolute Gasteiger partial charge is 0.496 e. The molecule has 0 N–H and O–H groups in total. The molecule has 2 aliphatic rings. The number of pyridine rings is 1. The molecule has 38 heavy (non-hydrogen) atoms. The van der Waals surface area contributed by atoms with E-state index in [0.717, 1.165) is 10.9 Å². The highest BCUT2D eigenvalue weighted by Gasteiger charge is 2.52. The number of hydrogen-bond donors (Lipinski definition) is 0. The van der Waals surface area contributed by atoms with Crippen LogP contribution < -0.4 is 5.46 Å². The van der Waals surface area contributed by atoms with Crippen LogP contribution in [-0.2, 0) is 29.4 Å². The summed E-state index contributed by atoms with van der Waals surface area (Å²) < 4.78 is 44.4. The predicted octanol–water partition coefficient (Wildman–Crippen LogP) is 4.37. The Morgan fingerprint density at radius 3 is 2.39 bits per heavy atom. The van der Waals surface area contributed by atoms with E-state index in [2.05, 4.69) is 10.1 Å². The summed E-state index contributed by atoms with van der Waals surface area (Å²) >= 11 is 0. The van der Waals surface area contributed by atoms with Gasteiger partial charge in [-0.25, -0.2) is 8.78 Å². The predicted molar refractivity (Wildman–Crippen MR) is 140 cm³/mol. The molecule has 7 nitrogen and oxygen atoms in total. The normalized spacial score (nSPS) is 18.0. The van der Waals surface area contributed by atoms with E-state index in [-0.39, 0.29) is 24.6 Å². The maximum Gasteiger partial charge on any atom is 0.496 e. The fourth-order valence-corrected chi connectivity index (χ4v) is 4.99. The number of aryl methyl sites for hydroxylation is 1. The zero-order valence-electron chi connectivity index (χ0n) is 21.9. The Bertz CT molecular complexity index is 1580. The van der Waals surface area contributed by atoms with Crippen molar-refractivity contribution in [1.29, 1.82) is 0 Å². The monoisotopic (exact) mass is 516 g/mol. The standard InChI is InChI=1S/C28H27BF2N4O3/c1-27(2)28(3,4)38-29(37-27)17-11-19-25(32-12-17)15-35(26(19)36)14-21-22(30)9-16(10-23(21)31)18-7-6-8-24-20(18)13-34(5)33-24/h6-13H,14-15H2,1-5H3. The summed E-state index contributed by atoms with van der Waals surface area (Å²) in [7, 11) is 1.14. The quantitative estimate of drug-likeness (QED) is 0.377. The fraction of sp³-hybridized carbons (Fsp3) is 0.321. The molecule has 2 aliphatic heterocycles. The molecule has 0 atom stereocenters. The lowest BCUT2D eigenvalue weighted by Gasteiger charge is -2.32. The van der Waals surface area contributed by atoms with Gasteiger partial charge in [-0.05, 0) is 63.1 Å². The highest BCUT2D eigenvalue weighted by molar-refractivity contribution is 6.62. The minimum atomic E-state index is -0.712. The van der Waals surface area contributed by atoms with Crippen molar-refractivity contribution in [2.24, 2.45) is 7.05 Å². The molecule has 0 saturated carbocycles. The lowest BCUT2D eigenvalue weighted by atomic mass is 9.79. The minimum Gasteiger partial charge on any atom is -0.399 e. The van der Waals surface area contributed by atoms with Gasteiger partial charge >= 0.3 is 7.12 Å². The Balaban J connectivity index is 1.25. The summed E-state index contributed by atoms with van der Waals surface area (Å²) in [5.41, 5.74) is 2.17. The van der Waals surface area contributed by atoms with Gasteiger partial charge in [-0.15, -0.1) is 0 Å². The molecule has 1 fully saturated rings. The summed E-state index contributed by atoms with van der Waals surface area (Å²) in [6.45, 7) is 7.75. The van der Waals surface area contributed by atoms with Crippen molar-refractivity contribution in [2.45, 2.75) is 52.0 Å². The third-order valence-corrected chi connectivity index (χ3v) is 7.84. The number of carbonyl (C=O) groups excluding carboxylic acids is 1. The maximum atomic E-state index is 15.3. The van der Waals surface area contributed by atoms with Gasteiger partial charge in [0, 0.05) is 35.9 Å². The molecular weight excluding hydrogens is 489 g/mol. The zero-order chi connectivity index (χ0) is 27.0. The van der Waals surface area contributed by atoms with Crippen LogP contribution in [0.25, 0.3) is 22.0 Å². The maximum absolute atomic E-state index is 15.3. The first-order valence-corrected chi connectivity index (χ1v) is 12.5. The first-order valence-electron chi connectivity index (χ1n) is 12.5. The second-order valence-electron chi connectivity index (χ2n) is 11.0. The second kappa shape index (κ2) is 8.44. The summed E-state index contributed by atoms with van der Waals surface area (Å²) in [6, 6.07) is 9.78. The van der Waals surface area contributed by atoms with Crippen LogP contribution in [0.2, 0.25) is 0 Å². The summed E-state index contributed by atoms with van der Waals surface area (Å²) in [6.07, 6.45) is 3.45. The van der Waals surface area contributed by atoms with Gasteiger partial charge in [-0.2, -0.15) is 5.10 Å². The minimum absolute atomic E-state index is 0.160. The van der Waals surface area contributed by atoms with Crippen LogP contribution in [-0.4, -0.2) is 43.9 Å². The Morgan fingerprint density at radius 2 is 1.71 bits per heavy atom. The highest BCUT2D eigenvalue weighted by atomic mass is 19.1. The van der Waals surface area contributed by atoms with Crippen molar-refractivity contribution >= 4 is 29.4 Å². The fourth-order valence-electron chi connectivity index (χ4n) is 4.99. The summed E-state index contributed by atoms with van der Waals surface area (Å²) in [4.78, 5) is 19.1.